The standard InChI is InChI=1S/C16H17BrN2O/c1-10-3-2-4-13(15(10)17)16(19-18)12-5-6-14-11(9-12)7-8-20-14/h2-6,9,16,19H,7-8,18H2,1H3. The van der Waals surface area contributed by atoms with Crippen molar-refractivity contribution >= 4 is 15.9 Å². The second kappa shape index (κ2) is 5.56. The van der Waals surface area contributed by atoms with Crippen LogP contribution in [0, 0.1) is 6.92 Å². The summed E-state index contributed by atoms with van der Waals surface area (Å²) in [5, 5.41) is 0. The van der Waals surface area contributed by atoms with Gasteiger partial charge in [-0.2, -0.15) is 0 Å². The molecule has 3 rings (SSSR count). The Bertz CT molecular complexity index is 642. The summed E-state index contributed by atoms with van der Waals surface area (Å²) in [4.78, 5) is 0. The Morgan fingerprint density at radius 3 is 2.95 bits per heavy atom. The van der Waals surface area contributed by atoms with Gasteiger partial charge in [0, 0.05) is 10.9 Å². The maximum atomic E-state index is 5.80. The number of aryl methyl sites for hydroxylation is 1. The minimum atomic E-state index is -0.0322. The van der Waals surface area contributed by atoms with Crippen LogP contribution in [0.5, 0.6) is 5.75 Å². The zero-order chi connectivity index (χ0) is 14.1. The van der Waals surface area contributed by atoms with Gasteiger partial charge in [-0.25, -0.2) is 5.43 Å². The van der Waals surface area contributed by atoms with E-state index in [0.29, 0.717) is 0 Å². The van der Waals surface area contributed by atoms with Crippen LogP contribution >= 0.6 is 15.9 Å². The van der Waals surface area contributed by atoms with Crippen LogP contribution in [0.3, 0.4) is 0 Å². The monoisotopic (exact) mass is 332 g/mol. The Balaban J connectivity index is 2.03. The molecule has 1 aliphatic heterocycles. The largest absolute Gasteiger partial charge is 0.493 e. The van der Waals surface area contributed by atoms with Crippen LogP contribution < -0.4 is 16.0 Å². The summed E-state index contributed by atoms with van der Waals surface area (Å²) in [7, 11) is 0. The third-order valence-corrected chi connectivity index (χ3v) is 4.83. The minimum absolute atomic E-state index is 0.0322. The maximum absolute atomic E-state index is 5.80. The van der Waals surface area contributed by atoms with Gasteiger partial charge in [0.1, 0.15) is 5.75 Å². The molecule has 0 saturated heterocycles. The second-order valence-corrected chi connectivity index (χ2v) is 5.84. The average Bonchev–Trinajstić information content (AvgIpc) is 2.92. The lowest BCUT2D eigenvalue weighted by molar-refractivity contribution is 0.357. The molecule has 1 aliphatic rings. The molecule has 1 atom stereocenters. The van der Waals surface area contributed by atoms with E-state index in [1.165, 1.54) is 11.1 Å². The van der Waals surface area contributed by atoms with E-state index in [0.717, 1.165) is 34.4 Å². The quantitative estimate of drug-likeness (QED) is 0.670. The number of fused-ring (bicyclic) bond motifs is 1. The molecule has 0 saturated carbocycles. The lowest BCUT2D eigenvalue weighted by Crippen LogP contribution is -2.29. The van der Waals surface area contributed by atoms with Gasteiger partial charge in [-0.1, -0.05) is 46.3 Å². The number of ether oxygens (including phenoxy) is 1. The lowest BCUT2D eigenvalue weighted by atomic mass is 9.96. The lowest BCUT2D eigenvalue weighted by Gasteiger charge is -2.20. The summed E-state index contributed by atoms with van der Waals surface area (Å²) in [5.74, 6) is 6.79. The molecule has 2 aromatic carbocycles. The SMILES string of the molecule is Cc1cccc(C(NN)c2ccc3c(c2)CCO3)c1Br. The van der Waals surface area contributed by atoms with Crippen molar-refractivity contribution in [3.8, 4) is 5.75 Å². The Kier molecular flexibility index (Phi) is 3.78. The molecule has 0 spiro atoms. The van der Waals surface area contributed by atoms with Crippen molar-refractivity contribution in [2.45, 2.75) is 19.4 Å². The molecular formula is C16H17BrN2O. The molecule has 0 aromatic heterocycles. The molecule has 0 amide bonds. The van der Waals surface area contributed by atoms with Gasteiger partial charge in [0.25, 0.3) is 0 Å². The van der Waals surface area contributed by atoms with Crippen molar-refractivity contribution in [3.63, 3.8) is 0 Å². The molecule has 3 nitrogen and oxygen atoms in total. The fraction of sp³-hybridized carbons (Fsp3) is 0.250. The summed E-state index contributed by atoms with van der Waals surface area (Å²) in [6, 6.07) is 12.5. The van der Waals surface area contributed by atoms with Crippen LogP contribution in [0.15, 0.2) is 40.9 Å². The highest BCUT2D eigenvalue weighted by molar-refractivity contribution is 9.10. The van der Waals surface area contributed by atoms with Gasteiger partial charge in [0.2, 0.25) is 0 Å². The Morgan fingerprint density at radius 1 is 1.30 bits per heavy atom. The molecule has 2 aromatic rings. The highest BCUT2D eigenvalue weighted by atomic mass is 79.9. The Labute approximate surface area is 127 Å². The number of rotatable bonds is 3. The van der Waals surface area contributed by atoms with Crippen molar-refractivity contribution in [1.29, 1.82) is 0 Å². The van der Waals surface area contributed by atoms with Gasteiger partial charge in [0.05, 0.1) is 12.6 Å². The number of nitrogens with two attached hydrogens (primary N) is 1. The molecule has 4 heteroatoms. The average molecular weight is 333 g/mol. The van der Waals surface area contributed by atoms with Crippen molar-refractivity contribution in [3.05, 3.63) is 63.1 Å². The van der Waals surface area contributed by atoms with Crippen LogP contribution in [-0.2, 0) is 6.42 Å². The first-order valence-electron chi connectivity index (χ1n) is 6.67. The third kappa shape index (κ3) is 2.35. The van der Waals surface area contributed by atoms with Gasteiger partial charge in [0.15, 0.2) is 0 Å². The Hall–Kier alpha value is -1.36. The van der Waals surface area contributed by atoms with E-state index in [-0.39, 0.29) is 6.04 Å². The van der Waals surface area contributed by atoms with Crippen molar-refractivity contribution < 1.29 is 4.74 Å². The molecule has 104 valence electrons. The van der Waals surface area contributed by atoms with Gasteiger partial charge >= 0.3 is 0 Å². The number of hydrogen-bond donors (Lipinski definition) is 2. The molecule has 1 unspecified atom stereocenters. The molecule has 0 aliphatic carbocycles. The number of nitrogens with one attached hydrogen (secondary N) is 1. The van der Waals surface area contributed by atoms with E-state index in [9.17, 15) is 0 Å². The number of hydrazine groups is 1. The van der Waals surface area contributed by atoms with Crippen LogP contribution in [0.4, 0.5) is 0 Å². The molecule has 20 heavy (non-hydrogen) atoms. The molecule has 3 N–H and O–H groups in total. The van der Waals surface area contributed by atoms with Crippen molar-refractivity contribution in [2.75, 3.05) is 6.61 Å². The fourth-order valence-electron chi connectivity index (χ4n) is 2.64. The van der Waals surface area contributed by atoms with Crippen LogP contribution in [0.2, 0.25) is 0 Å². The first-order valence-corrected chi connectivity index (χ1v) is 7.47. The van der Waals surface area contributed by atoms with E-state index in [4.69, 9.17) is 10.6 Å². The van der Waals surface area contributed by atoms with Gasteiger partial charge in [-0.05, 0) is 35.2 Å². The summed E-state index contributed by atoms with van der Waals surface area (Å²) < 4.78 is 6.65. The van der Waals surface area contributed by atoms with E-state index >= 15 is 0 Å². The topological polar surface area (TPSA) is 47.3 Å². The van der Waals surface area contributed by atoms with Crippen LogP contribution in [-0.4, -0.2) is 6.61 Å². The van der Waals surface area contributed by atoms with Gasteiger partial charge in [-0.15, -0.1) is 0 Å². The van der Waals surface area contributed by atoms with E-state index in [1.807, 2.05) is 6.07 Å². The van der Waals surface area contributed by atoms with E-state index in [1.54, 1.807) is 0 Å². The first kappa shape index (κ1) is 13.6. The Morgan fingerprint density at radius 2 is 2.15 bits per heavy atom. The maximum Gasteiger partial charge on any atom is 0.122 e. The van der Waals surface area contributed by atoms with E-state index < -0.39 is 0 Å². The van der Waals surface area contributed by atoms with Gasteiger partial charge < -0.3 is 4.74 Å². The predicted molar refractivity (Wildman–Crippen MR) is 83.7 cm³/mol. The first-order chi connectivity index (χ1) is 9.70. The number of benzene rings is 2. The van der Waals surface area contributed by atoms with E-state index in [2.05, 4.69) is 58.6 Å². The zero-order valence-electron chi connectivity index (χ0n) is 11.3. The summed E-state index contributed by atoms with van der Waals surface area (Å²) in [5.41, 5.74) is 7.68. The van der Waals surface area contributed by atoms with Crippen molar-refractivity contribution in [1.82, 2.24) is 5.43 Å². The normalized spacial score (nSPS) is 14.8. The smallest absolute Gasteiger partial charge is 0.122 e. The summed E-state index contributed by atoms with van der Waals surface area (Å²) >= 11 is 3.66. The molecule has 1 heterocycles. The number of halogens is 1. The van der Waals surface area contributed by atoms with Crippen molar-refractivity contribution in [2.24, 2.45) is 5.84 Å². The molecule has 0 fully saturated rings. The minimum Gasteiger partial charge on any atom is -0.493 e. The van der Waals surface area contributed by atoms with Crippen LogP contribution in [0.25, 0.3) is 0 Å². The molecular weight excluding hydrogens is 316 g/mol. The predicted octanol–water partition coefficient (Wildman–Crippen LogP) is 3.25. The molecule has 0 radical (unpaired) electrons. The van der Waals surface area contributed by atoms with Crippen LogP contribution in [0.1, 0.15) is 28.3 Å². The summed E-state index contributed by atoms with van der Waals surface area (Å²) in [6.45, 7) is 2.85. The number of hydrogen-bond acceptors (Lipinski definition) is 3. The molecule has 0 bridgehead atoms. The highest BCUT2D eigenvalue weighted by Crippen LogP contribution is 2.33. The third-order valence-electron chi connectivity index (χ3n) is 3.75. The zero-order valence-corrected chi connectivity index (χ0v) is 12.9. The highest BCUT2D eigenvalue weighted by Gasteiger charge is 2.19. The second-order valence-electron chi connectivity index (χ2n) is 5.04. The summed E-state index contributed by atoms with van der Waals surface area (Å²) in [6.07, 6.45) is 0.968. The van der Waals surface area contributed by atoms with Gasteiger partial charge in [-0.3, -0.25) is 5.84 Å². The fourth-order valence-corrected chi connectivity index (χ4v) is 3.14.